The summed E-state index contributed by atoms with van der Waals surface area (Å²) >= 11 is 0. The summed E-state index contributed by atoms with van der Waals surface area (Å²) in [6, 6.07) is 19.0. The van der Waals surface area contributed by atoms with Crippen molar-refractivity contribution in [2.24, 2.45) is 0 Å². The molecule has 1 aliphatic heterocycles. The van der Waals surface area contributed by atoms with Crippen LogP contribution in [-0.2, 0) is 29.6 Å². The fourth-order valence-corrected chi connectivity index (χ4v) is 7.06. The summed E-state index contributed by atoms with van der Waals surface area (Å²) in [5, 5.41) is 2.68. The van der Waals surface area contributed by atoms with E-state index in [1.165, 1.54) is 35.7 Å². The molecule has 0 atom stereocenters. The van der Waals surface area contributed by atoms with E-state index in [9.17, 15) is 21.6 Å². The molecular formula is C28H33N3O8S2. The molecule has 13 heteroatoms. The maximum absolute atomic E-state index is 13.6. The third-order valence-corrected chi connectivity index (χ3v) is 10.0. The number of nitrogens with one attached hydrogen (secondary N) is 1. The molecule has 0 unspecified atom stereocenters. The van der Waals surface area contributed by atoms with Gasteiger partial charge in [-0.2, -0.15) is 4.31 Å². The zero-order chi connectivity index (χ0) is 29.5. The highest BCUT2D eigenvalue weighted by Gasteiger charge is 2.30. The average Bonchev–Trinajstić information content (AvgIpc) is 2.99. The number of hydrogen-bond acceptors (Lipinski definition) is 8. The second-order valence-electron chi connectivity index (χ2n) is 9.19. The maximum Gasteiger partial charge on any atom is 0.264 e. The number of methoxy groups -OCH3 is 1. The van der Waals surface area contributed by atoms with E-state index in [2.05, 4.69) is 5.32 Å². The first-order chi connectivity index (χ1) is 19.6. The van der Waals surface area contributed by atoms with Gasteiger partial charge in [-0.05, 0) is 61.0 Å². The highest BCUT2D eigenvalue weighted by molar-refractivity contribution is 7.93. The van der Waals surface area contributed by atoms with E-state index in [1.807, 2.05) is 6.92 Å². The molecule has 3 aromatic rings. The lowest BCUT2D eigenvalue weighted by molar-refractivity contribution is -0.119. The van der Waals surface area contributed by atoms with Crippen molar-refractivity contribution in [2.45, 2.75) is 16.7 Å². The fourth-order valence-electron chi connectivity index (χ4n) is 4.20. The van der Waals surface area contributed by atoms with Gasteiger partial charge in [0, 0.05) is 13.1 Å². The van der Waals surface area contributed by atoms with Crippen LogP contribution < -0.4 is 19.1 Å². The third-order valence-electron chi connectivity index (χ3n) is 6.35. The lowest BCUT2D eigenvalue weighted by atomic mass is 10.2. The molecule has 4 rings (SSSR count). The van der Waals surface area contributed by atoms with Crippen LogP contribution >= 0.6 is 0 Å². The van der Waals surface area contributed by atoms with E-state index in [4.69, 9.17) is 14.2 Å². The van der Waals surface area contributed by atoms with Crippen LogP contribution in [0, 0.1) is 6.92 Å². The number of hydrogen-bond donors (Lipinski definition) is 1. The van der Waals surface area contributed by atoms with Crippen LogP contribution in [0.2, 0.25) is 0 Å². The lowest BCUT2D eigenvalue weighted by Crippen LogP contribution is -2.42. The normalized spacial score (nSPS) is 14.3. The Morgan fingerprint density at radius 2 is 1.63 bits per heavy atom. The van der Waals surface area contributed by atoms with Gasteiger partial charge in [0.05, 0.1) is 42.3 Å². The number of rotatable bonds is 12. The summed E-state index contributed by atoms with van der Waals surface area (Å²) in [5.41, 5.74) is 1.04. The third kappa shape index (κ3) is 7.36. The number of aryl methyl sites for hydroxylation is 1. The molecule has 0 aromatic heterocycles. The second-order valence-corrected chi connectivity index (χ2v) is 13.0. The number of nitrogens with zero attached hydrogens (tertiary/aromatic N) is 2. The Balaban J connectivity index is 1.39. The van der Waals surface area contributed by atoms with Crippen molar-refractivity contribution in [3.05, 3.63) is 78.4 Å². The predicted molar refractivity (Wildman–Crippen MR) is 153 cm³/mol. The zero-order valence-corrected chi connectivity index (χ0v) is 24.5. The Morgan fingerprint density at radius 1 is 0.951 bits per heavy atom. The van der Waals surface area contributed by atoms with E-state index in [0.29, 0.717) is 37.8 Å². The summed E-state index contributed by atoms with van der Waals surface area (Å²) in [6.07, 6.45) is 0. The van der Waals surface area contributed by atoms with E-state index in [1.54, 1.807) is 48.5 Å². The minimum Gasteiger partial charge on any atom is -0.495 e. The Morgan fingerprint density at radius 3 is 2.29 bits per heavy atom. The molecule has 11 nitrogen and oxygen atoms in total. The van der Waals surface area contributed by atoms with Crippen LogP contribution in [0.25, 0.3) is 0 Å². The first-order valence-corrected chi connectivity index (χ1v) is 15.8. The molecule has 1 saturated heterocycles. The van der Waals surface area contributed by atoms with Crippen LogP contribution in [0.1, 0.15) is 5.56 Å². The minimum atomic E-state index is -4.09. The molecule has 0 bridgehead atoms. The summed E-state index contributed by atoms with van der Waals surface area (Å²) in [4.78, 5) is 13.1. The Labute approximate surface area is 240 Å². The smallest absolute Gasteiger partial charge is 0.264 e. The predicted octanol–water partition coefficient (Wildman–Crippen LogP) is 2.42. The van der Waals surface area contributed by atoms with Gasteiger partial charge < -0.3 is 19.5 Å². The summed E-state index contributed by atoms with van der Waals surface area (Å²) in [6.45, 7) is 2.85. The van der Waals surface area contributed by atoms with Crippen molar-refractivity contribution >= 4 is 31.6 Å². The van der Waals surface area contributed by atoms with Crippen molar-refractivity contribution < 1.29 is 35.8 Å². The molecule has 0 aliphatic carbocycles. The molecule has 1 N–H and O–H groups in total. The number of carbonyl (C=O) groups excluding carboxylic acids is 1. The van der Waals surface area contributed by atoms with Gasteiger partial charge in [0.1, 0.15) is 24.7 Å². The van der Waals surface area contributed by atoms with Gasteiger partial charge in [-0.15, -0.1) is 0 Å². The average molecular weight is 604 g/mol. The molecule has 0 saturated carbocycles. The number of sulfonamides is 2. The number of benzene rings is 3. The van der Waals surface area contributed by atoms with Crippen molar-refractivity contribution in [1.82, 2.24) is 9.62 Å². The van der Waals surface area contributed by atoms with Crippen molar-refractivity contribution in [3.8, 4) is 11.5 Å². The van der Waals surface area contributed by atoms with E-state index < -0.39 is 32.5 Å². The van der Waals surface area contributed by atoms with E-state index in [-0.39, 0.29) is 28.6 Å². The largest absolute Gasteiger partial charge is 0.495 e. The van der Waals surface area contributed by atoms with Crippen LogP contribution in [0.4, 0.5) is 5.69 Å². The SMILES string of the molecule is COc1ccc(C)cc1N(CC(=O)NCCOc1ccc(S(=O)(=O)N2CCOCC2)cc1)S(=O)(=O)c1ccccc1. The highest BCUT2D eigenvalue weighted by atomic mass is 32.2. The van der Waals surface area contributed by atoms with Gasteiger partial charge in [-0.25, -0.2) is 16.8 Å². The molecule has 0 radical (unpaired) electrons. The molecule has 220 valence electrons. The van der Waals surface area contributed by atoms with Crippen LogP contribution in [-0.4, -0.2) is 80.2 Å². The summed E-state index contributed by atoms with van der Waals surface area (Å²) in [7, 11) is -6.27. The molecule has 1 heterocycles. The lowest BCUT2D eigenvalue weighted by Gasteiger charge is -2.26. The van der Waals surface area contributed by atoms with Crippen LogP contribution in [0.5, 0.6) is 11.5 Å². The van der Waals surface area contributed by atoms with Gasteiger partial charge >= 0.3 is 0 Å². The van der Waals surface area contributed by atoms with Gasteiger partial charge in [-0.3, -0.25) is 9.10 Å². The summed E-state index contributed by atoms with van der Waals surface area (Å²) < 4.78 is 71.4. The molecule has 1 fully saturated rings. The number of carbonyl (C=O) groups is 1. The number of amides is 1. The van der Waals surface area contributed by atoms with E-state index >= 15 is 0 Å². The van der Waals surface area contributed by atoms with Crippen LogP contribution in [0.3, 0.4) is 0 Å². The Kier molecular flexibility index (Phi) is 9.86. The molecule has 0 spiro atoms. The second kappa shape index (κ2) is 13.3. The fraction of sp³-hybridized carbons (Fsp3) is 0.321. The number of morpholine rings is 1. The van der Waals surface area contributed by atoms with Gasteiger partial charge in [0.25, 0.3) is 10.0 Å². The number of anilines is 1. The standard InChI is InChI=1S/C28H33N3O8S2/c1-22-8-13-27(37-2)26(20-22)31(41(35,36)24-6-4-3-5-7-24)21-28(32)29-14-17-39-23-9-11-25(12-10-23)40(33,34)30-15-18-38-19-16-30/h3-13,20H,14-19,21H2,1-2H3,(H,29,32). The van der Waals surface area contributed by atoms with Crippen molar-refractivity contribution in [3.63, 3.8) is 0 Å². The van der Waals surface area contributed by atoms with Crippen LogP contribution in [0.15, 0.2) is 82.6 Å². The zero-order valence-electron chi connectivity index (χ0n) is 22.9. The molecule has 1 aliphatic rings. The first kappa shape index (κ1) is 30.3. The van der Waals surface area contributed by atoms with Gasteiger partial charge in [0.15, 0.2) is 0 Å². The number of ether oxygens (including phenoxy) is 3. The Bertz CT molecular complexity index is 1540. The first-order valence-electron chi connectivity index (χ1n) is 12.9. The maximum atomic E-state index is 13.6. The monoisotopic (exact) mass is 603 g/mol. The van der Waals surface area contributed by atoms with Crippen molar-refractivity contribution in [1.29, 1.82) is 0 Å². The quantitative estimate of drug-likeness (QED) is 0.313. The highest BCUT2D eigenvalue weighted by Crippen LogP contribution is 2.33. The topological polar surface area (TPSA) is 132 Å². The molecule has 41 heavy (non-hydrogen) atoms. The summed E-state index contributed by atoms with van der Waals surface area (Å²) in [5.74, 6) is 0.201. The van der Waals surface area contributed by atoms with Crippen molar-refractivity contribution in [2.75, 3.05) is 57.4 Å². The molecular weight excluding hydrogens is 570 g/mol. The van der Waals surface area contributed by atoms with Gasteiger partial charge in [-0.1, -0.05) is 24.3 Å². The Hall–Kier alpha value is -3.65. The van der Waals surface area contributed by atoms with Gasteiger partial charge in [0.2, 0.25) is 15.9 Å². The minimum absolute atomic E-state index is 0.0405. The van der Waals surface area contributed by atoms with E-state index in [0.717, 1.165) is 9.87 Å². The molecule has 1 amide bonds. The molecule has 3 aromatic carbocycles.